The fourth-order valence-electron chi connectivity index (χ4n) is 5.17. The van der Waals surface area contributed by atoms with Crippen LogP contribution in [0.5, 0.6) is 0 Å². The minimum atomic E-state index is 0.568. The largest absolute Gasteiger partial charge is 0.378 e. The number of nitrogens with zero attached hydrogens (tertiary/aromatic N) is 2. The average molecular weight is 434 g/mol. The average Bonchev–Trinajstić information content (AvgIpc) is 3.27. The number of unbranched alkanes of at least 4 members (excludes halogenated alkanes) is 6. The molecule has 4 heteroatoms. The van der Waals surface area contributed by atoms with Crippen molar-refractivity contribution in [3.05, 3.63) is 18.7 Å². The minimum absolute atomic E-state index is 0.568. The summed E-state index contributed by atoms with van der Waals surface area (Å²) < 4.78 is 16.8. The molecule has 1 aromatic rings. The van der Waals surface area contributed by atoms with Crippen molar-refractivity contribution in [1.82, 2.24) is 4.57 Å². The van der Waals surface area contributed by atoms with Gasteiger partial charge in [-0.3, -0.25) is 0 Å². The number of aromatic nitrogens is 2. The summed E-state index contributed by atoms with van der Waals surface area (Å²) >= 11 is 0. The highest BCUT2D eigenvalue weighted by atomic mass is 16.5. The van der Waals surface area contributed by atoms with Crippen LogP contribution in [0.15, 0.2) is 18.7 Å². The first-order valence-corrected chi connectivity index (χ1v) is 13.7. The molecule has 1 aromatic heterocycles. The quantitative estimate of drug-likeness (QED) is 0.217. The zero-order valence-electron chi connectivity index (χ0n) is 20.2. The van der Waals surface area contributed by atoms with Crippen LogP contribution in [0.1, 0.15) is 116 Å². The van der Waals surface area contributed by atoms with E-state index in [1.807, 2.05) is 0 Å². The molecule has 0 atom stereocenters. The predicted octanol–water partition coefficient (Wildman–Crippen LogP) is 6.60. The van der Waals surface area contributed by atoms with E-state index in [0.717, 1.165) is 26.3 Å². The molecule has 0 saturated heterocycles. The van der Waals surface area contributed by atoms with Gasteiger partial charge in [-0.1, -0.05) is 51.4 Å². The van der Waals surface area contributed by atoms with Crippen LogP contribution in [0, 0.1) is 0 Å². The maximum atomic E-state index is 6.03. The molecule has 4 nitrogen and oxygen atoms in total. The van der Waals surface area contributed by atoms with Crippen LogP contribution >= 0.6 is 0 Å². The van der Waals surface area contributed by atoms with Crippen molar-refractivity contribution >= 4 is 0 Å². The zero-order chi connectivity index (χ0) is 21.4. The van der Waals surface area contributed by atoms with Crippen LogP contribution in [0.3, 0.4) is 0 Å². The lowest BCUT2D eigenvalue weighted by Crippen LogP contribution is -2.30. The second-order valence-corrected chi connectivity index (χ2v) is 9.98. The van der Waals surface area contributed by atoms with E-state index in [-0.39, 0.29) is 0 Å². The van der Waals surface area contributed by atoms with Gasteiger partial charge in [-0.15, -0.1) is 0 Å². The molecule has 31 heavy (non-hydrogen) atoms. The second kappa shape index (κ2) is 15.9. The minimum Gasteiger partial charge on any atom is -0.378 e. The number of ether oxygens (including phenoxy) is 2. The Kier molecular flexibility index (Phi) is 12.7. The standard InChI is InChI=1S/C27H49N2O2/c1(3-13-23-30-26-15-7-5-8-16-26)11-19-28-21-22-29(25-28)20-12-2-4-14-24-31-27-17-9-6-10-18-27/h21-22,25-27H,1-20,23-24H2/q+1. The van der Waals surface area contributed by atoms with E-state index in [4.69, 9.17) is 9.47 Å². The molecular formula is C27H49N2O2+. The van der Waals surface area contributed by atoms with E-state index in [1.54, 1.807) is 0 Å². The first kappa shape index (κ1) is 24.8. The van der Waals surface area contributed by atoms with Gasteiger partial charge >= 0.3 is 0 Å². The molecule has 2 aliphatic carbocycles. The van der Waals surface area contributed by atoms with Gasteiger partial charge in [0.05, 0.1) is 25.3 Å². The van der Waals surface area contributed by atoms with Crippen LogP contribution in [-0.4, -0.2) is 30.0 Å². The number of imidazole rings is 1. The van der Waals surface area contributed by atoms with E-state index in [2.05, 4.69) is 27.9 Å². The Bertz CT molecular complexity index is 501. The fourth-order valence-corrected chi connectivity index (χ4v) is 5.17. The maximum absolute atomic E-state index is 6.03. The Morgan fingerprint density at radius 2 is 1.19 bits per heavy atom. The van der Waals surface area contributed by atoms with Crippen molar-refractivity contribution < 1.29 is 14.0 Å². The Morgan fingerprint density at radius 1 is 0.645 bits per heavy atom. The molecule has 1 heterocycles. The molecule has 0 spiro atoms. The van der Waals surface area contributed by atoms with Crippen molar-refractivity contribution in [1.29, 1.82) is 0 Å². The molecule has 178 valence electrons. The van der Waals surface area contributed by atoms with Gasteiger partial charge in [0, 0.05) is 13.2 Å². The van der Waals surface area contributed by atoms with Gasteiger partial charge < -0.3 is 9.47 Å². The van der Waals surface area contributed by atoms with Crippen LogP contribution < -0.4 is 4.57 Å². The maximum Gasteiger partial charge on any atom is 0.243 e. The van der Waals surface area contributed by atoms with Crippen molar-refractivity contribution in [3.8, 4) is 0 Å². The van der Waals surface area contributed by atoms with Crippen molar-refractivity contribution in [3.63, 3.8) is 0 Å². The van der Waals surface area contributed by atoms with Crippen molar-refractivity contribution in [2.45, 2.75) is 141 Å². The van der Waals surface area contributed by atoms with Gasteiger partial charge in [-0.05, 0) is 64.2 Å². The Labute approximate surface area is 191 Å². The summed E-state index contributed by atoms with van der Waals surface area (Å²) in [5.41, 5.74) is 0. The van der Waals surface area contributed by atoms with E-state index in [0.29, 0.717) is 12.2 Å². The van der Waals surface area contributed by atoms with Crippen molar-refractivity contribution in [2.24, 2.45) is 0 Å². The van der Waals surface area contributed by atoms with Crippen LogP contribution in [0.2, 0.25) is 0 Å². The summed E-state index contributed by atoms with van der Waals surface area (Å²) in [5, 5.41) is 0. The van der Waals surface area contributed by atoms with Crippen LogP contribution in [0.4, 0.5) is 0 Å². The molecule has 0 unspecified atom stereocenters. The smallest absolute Gasteiger partial charge is 0.243 e. The van der Waals surface area contributed by atoms with Gasteiger partial charge in [-0.2, -0.15) is 0 Å². The number of aryl methyl sites for hydroxylation is 2. The summed E-state index contributed by atoms with van der Waals surface area (Å²) in [6, 6.07) is 0. The Hall–Kier alpha value is -0.870. The molecule has 0 bridgehead atoms. The number of hydrogen-bond donors (Lipinski definition) is 0. The van der Waals surface area contributed by atoms with E-state index in [9.17, 15) is 0 Å². The van der Waals surface area contributed by atoms with Gasteiger partial charge in [0.15, 0.2) is 0 Å². The van der Waals surface area contributed by atoms with E-state index >= 15 is 0 Å². The van der Waals surface area contributed by atoms with Crippen molar-refractivity contribution in [2.75, 3.05) is 13.2 Å². The highest BCUT2D eigenvalue weighted by Gasteiger charge is 2.14. The van der Waals surface area contributed by atoms with E-state index in [1.165, 1.54) is 116 Å². The molecule has 0 radical (unpaired) electrons. The third-order valence-corrected chi connectivity index (χ3v) is 7.18. The summed E-state index contributed by atoms with van der Waals surface area (Å²) in [4.78, 5) is 0. The summed E-state index contributed by atoms with van der Waals surface area (Å²) in [6.45, 7) is 4.24. The van der Waals surface area contributed by atoms with Gasteiger partial charge in [0.2, 0.25) is 6.33 Å². The molecule has 0 amide bonds. The molecule has 0 N–H and O–H groups in total. The monoisotopic (exact) mass is 433 g/mol. The van der Waals surface area contributed by atoms with Gasteiger partial charge in [0.25, 0.3) is 0 Å². The van der Waals surface area contributed by atoms with E-state index < -0.39 is 0 Å². The zero-order valence-corrected chi connectivity index (χ0v) is 20.2. The summed E-state index contributed by atoms with van der Waals surface area (Å²) in [6.07, 6.45) is 31.6. The highest BCUT2D eigenvalue weighted by molar-refractivity contribution is 4.67. The Balaban J connectivity index is 1.10. The number of hydrogen-bond acceptors (Lipinski definition) is 2. The summed E-state index contributed by atoms with van der Waals surface area (Å²) in [5.74, 6) is 0. The molecule has 2 aliphatic rings. The first-order valence-electron chi connectivity index (χ1n) is 13.7. The third-order valence-electron chi connectivity index (χ3n) is 7.18. The van der Waals surface area contributed by atoms with Crippen LogP contribution in [-0.2, 0) is 22.6 Å². The van der Waals surface area contributed by atoms with Gasteiger partial charge in [0.1, 0.15) is 12.4 Å². The summed E-state index contributed by atoms with van der Waals surface area (Å²) in [7, 11) is 0. The topological polar surface area (TPSA) is 27.3 Å². The third kappa shape index (κ3) is 11.0. The SMILES string of the molecule is c1c[n+](CCCCCCOC2CCCCC2)cn1CCCCCCOC1CCCCC1. The first-order chi connectivity index (χ1) is 15.4. The normalized spacial score (nSPS) is 18.6. The van der Waals surface area contributed by atoms with Gasteiger partial charge in [-0.25, -0.2) is 9.13 Å². The molecule has 0 aliphatic heterocycles. The Morgan fingerprint density at radius 3 is 1.81 bits per heavy atom. The molecule has 3 rings (SSSR count). The molecule has 0 aromatic carbocycles. The molecule has 2 fully saturated rings. The predicted molar refractivity (Wildman–Crippen MR) is 127 cm³/mol. The highest BCUT2D eigenvalue weighted by Crippen LogP contribution is 2.21. The molecular weight excluding hydrogens is 384 g/mol. The lowest BCUT2D eigenvalue weighted by molar-refractivity contribution is -0.696. The lowest BCUT2D eigenvalue weighted by Gasteiger charge is -2.21. The molecule has 2 saturated carbocycles. The fraction of sp³-hybridized carbons (Fsp3) is 0.889. The van der Waals surface area contributed by atoms with Crippen LogP contribution in [0.25, 0.3) is 0 Å². The number of rotatable bonds is 16. The lowest BCUT2D eigenvalue weighted by atomic mass is 9.98. The second-order valence-electron chi connectivity index (χ2n) is 9.98.